The van der Waals surface area contributed by atoms with Gasteiger partial charge in [0.05, 0.1) is 12.5 Å². The third-order valence-corrected chi connectivity index (χ3v) is 3.65. The van der Waals surface area contributed by atoms with Gasteiger partial charge in [-0.2, -0.15) is 13.2 Å². The van der Waals surface area contributed by atoms with Crippen molar-refractivity contribution in [2.24, 2.45) is 11.3 Å². The molecule has 0 aromatic carbocycles. The number of alkyl halides is 3. The van der Waals surface area contributed by atoms with Crippen LogP contribution in [0.4, 0.5) is 13.2 Å². The van der Waals surface area contributed by atoms with E-state index >= 15 is 0 Å². The molecule has 0 aliphatic carbocycles. The first-order chi connectivity index (χ1) is 9.11. The number of carbonyl (C=O) groups is 2. The van der Waals surface area contributed by atoms with Gasteiger partial charge in [-0.3, -0.25) is 9.59 Å². The zero-order chi connectivity index (χ0) is 15.6. The maximum Gasteiger partial charge on any atom is 0.402 e. The van der Waals surface area contributed by atoms with Gasteiger partial charge in [-0.1, -0.05) is 0 Å². The molecule has 0 atom stereocenters. The maximum absolute atomic E-state index is 12.8. The van der Waals surface area contributed by atoms with Crippen LogP contribution in [0.1, 0.15) is 33.6 Å². The predicted octanol–water partition coefficient (Wildman–Crippen LogP) is 2.38. The molecule has 7 heteroatoms. The minimum atomic E-state index is -4.58. The average molecular weight is 295 g/mol. The molecule has 1 aliphatic rings. The van der Waals surface area contributed by atoms with Crippen molar-refractivity contribution in [3.63, 3.8) is 0 Å². The average Bonchev–Trinajstić information content (AvgIpc) is 2.37. The summed E-state index contributed by atoms with van der Waals surface area (Å²) in [6.45, 7) is 4.05. The van der Waals surface area contributed by atoms with Gasteiger partial charge in [0.25, 0.3) is 0 Å². The molecule has 0 radical (unpaired) electrons. The lowest BCUT2D eigenvalue weighted by Crippen LogP contribution is -2.51. The van der Waals surface area contributed by atoms with E-state index in [1.54, 1.807) is 6.92 Å². The number of amides is 1. The van der Waals surface area contributed by atoms with Gasteiger partial charge >= 0.3 is 12.1 Å². The third kappa shape index (κ3) is 3.43. The van der Waals surface area contributed by atoms with Gasteiger partial charge in [-0.25, -0.2) is 0 Å². The SMILES string of the molecule is CCOC(=O)C1CCN(C(=O)C(C)(C)C(F)(F)F)CC1. The summed E-state index contributed by atoms with van der Waals surface area (Å²) in [5.74, 6) is -1.60. The lowest BCUT2D eigenvalue weighted by atomic mass is 9.88. The normalized spacial score (nSPS) is 18.0. The highest BCUT2D eigenvalue weighted by Gasteiger charge is 2.54. The van der Waals surface area contributed by atoms with Crippen LogP contribution in [0.5, 0.6) is 0 Å². The van der Waals surface area contributed by atoms with Crippen LogP contribution in [0, 0.1) is 11.3 Å². The molecular formula is C13H20F3NO3. The van der Waals surface area contributed by atoms with Crippen LogP contribution in [-0.2, 0) is 14.3 Å². The molecule has 1 rings (SSSR count). The van der Waals surface area contributed by atoms with E-state index in [2.05, 4.69) is 0 Å². The van der Waals surface area contributed by atoms with Crippen LogP contribution < -0.4 is 0 Å². The lowest BCUT2D eigenvalue weighted by molar-refractivity contribution is -0.218. The first-order valence-corrected chi connectivity index (χ1v) is 6.64. The topological polar surface area (TPSA) is 46.6 Å². The van der Waals surface area contributed by atoms with Gasteiger partial charge in [0.1, 0.15) is 5.41 Å². The highest BCUT2D eigenvalue weighted by atomic mass is 19.4. The van der Waals surface area contributed by atoms with E-state index in [4.69, 9.17) is 4.74 Å². The van der Waals surface area contributed by atoms with Crippen LogP contribution in [0.3, 0.4) is 0 Å². The van der Waals surface area contributed by atoms with Crippen molar-refractivity contribution in [2.75, 3.05) is 19.7 Å². The molecule has 0 spiro atoms. The number of rotatable bonds is 3. The van der Waals surface area contributed by atoms with Crippen molar-refractivity contribution in [1.82, 2.24) is 4.90 Å². The van der Waals surface area contributed by atoms with E-state index in [-0.39, 0.29) is 31.6 Å². The molecule has 4 nitrogen and oxygen atoms in total. The molecule has 116 valence electrons. The quantitative estimate of drug-likeness (QED) is 0.751. The maximum atomic E-state index is 12.8. The molecular weight excluding hydrogens is 275 g/mol. The molecule has 1 aliphatic heterocycles. The van der Waals surface area contributed by atoms with E-state index in [0.717, 1.165) is 13.8 Å². The minimum absolute atomic E-state index is 0.155. The Morgan fingerprint density at radius 1 is 1.20 bits per heavy atom. The number of hydrogen-bond donors (Lipinski definition) is 0. The highest BCUT2D eigenvalue weighted by molar-refractivity contribution is 5.83. The number of likely N-dealkylation sites (tertiary alicyclic amines) is 1. The van der Waals surface area contributed by atoms with Crippen molar-refractivity contribution in [2.45, 2.75) is 39.8 Å². The van der Waals surface area contributed by atoms with Gasteiger partial charge in [-0.05, 0) is 33.6 Å². The van der Waals surface area contributed by atoms with Gasteiger partial charge in [-0.15, -0.1) is 0 Å². The molecule has 20 heavy (non-hydrogen) atoms. The van der Waals surface area contributed by atoms with Crippen LogP contribution in [0.25, 0.3) is 0 Å². The molecule has 1 amide bonds. The van der Waals surface area contributed by atoms with Crippen molar-refractivity contribution in [3.05, 3.63) is 0 Å². The molecule has 0 aromatic rings. The van der Waals surface area contributed by atoms with E-state index in [0.29, 0.717) is 12.8 Å². The molecule has 1 saturated heterocycles. The molecule has 0 aromatic heterocycles. The minimum Gasteiger partial charge on any atom is -0.466 e. The Balaban J connectivity index is 2.62. The highest BCUT2D eigenvalue weighted by Crippen LogP contribution is 2.39. The first kappa shape index (κ1) is 16.8. The van der Waals surface area contributed by atoms with E-state index in [1.165, 1.54) is 4.90 Å². The molecule has 0 bridgehead atoms. The van der Waals surface area contributed by atoms with Crippen LogP contribution >= 0.6 is 0 Å². The monoisotopic (exact) mass is 295 g/mol. The van der Waals surface area contributed by atoms with Crippen LogP contribution in [-0.4, -0.2) is 42.6 Å². The Labute approximate surface area is 116 Å². The summed E-state index contributed by atoms with van der Waals surface area (Å²) in [5, 5.41) is 0. The summed E-state index contributed by atoms with van der Waals surface area (Å²) in [4.78, 5) is 24.7. The van der Waals surface area contributed by atoms with Crippen molar-refractivity contribution >= 4 is 11.9 Å². The predicted molar refractivity (Wildman–Crippen MR) is 65.8 cm³/mol. The second-order valence-electron chi connectivity index (χ2n) is 5.44. The fraction of sp³-hybridized carbons (Fsp3) is 0.846. The van der Waals surface area contributed by atoms with Gasteiger partial charge < -0.3 is 9.64 Å². The number of esters is 1. The number of ether oxygens (including phenoxy) is 1. The van der Waals surface area contributed by atoms with E-state index < -0.39 is 17.5 Å². The molecule has 0 N–H and O–H groups in total. The van der Waals surface area contributed by atoms with Crippen LogP contribution in [0.2, 0.25) is 0 Å². The fourth-order valence-corrected chi connectivity index (χ4v) is 2.09. The Kier molecular flexibility index (Phi) is 5.05. The standard InChI is InChI=1S/C13H20F3NO3/c1-4-20-10(18)9-5-7-17(8-6-9)11(19)12(2,3)13(14,15)16/h9H,4-8H2,1-3H3. The largest absolute Gasteiger partial charge is 0.466 e. The Morgan fingerprint density at radius 3 is 2.10 bits per heavy atom. The Hall–Kier alpha value is -1.27. The summed E-state index contributed by atoms with van der Waals surface area (Å²) in [6.07, 6.45) is -3.89. The second-order valence-corrected chi connectivity index (χ2v) is 5.44. The van der Waals surface area contributed by atoms with Gasteiger partial charge in [0, 0.05) is 13.1 Å². The Bertz CT molecular complexity index is 372. The molecule has 1 fully saturated rings. The smallest absolute Gasteiger partial charge is 0.402 e. The summed E-state index contributed by atoms with van der Waals surface area (Å²) >= 11 is 0. The number of nitrogens with zero attached hydrogens (tertiary/aromatic N) is 1. The number of piperidine rings is 1. The zero-order valence-electron chi connectivity index (χ0n) is 11.9. The fourth-order valence-electron chi connectivity index (χ4n) is 2.09. The summed E-state index contributed by atoms with van der Waals surface area (Å²) in [7, 11) is 0. The van der Waals surface area contributed by atoms with Crippen molar-refractivity contribution < 1.29 is 27.5 Å². The molecule has 0 unspecified atom stereocenters. The second kappa shape index (κ2) is 6.01. The lowest BCUT2D eigenvalue weighted by Gasteiger charge is -2.37. The van der Waals surface area contributed by atoms with E-state index in [9.17, 15) is 22.8 Å². The third-order valence-electron chi connectivity index (χ3n) is 3.65. The summed E-state index contributed by atoms with van der Waals surface area (Å²) in [5.41, 5.74) is -2.40. The van der Waals surface area contributed by atoms with Crippen LogP contribution in [0.15, 0.2) is 0 Å². The summed E-state index contributed by atoms with van der Waals surface area (Å²) < 4.78 is 43.3. The number of halogens is 3. The van der Waals surface area contributed by atoms with Crippen molar-refractivity contribution in [3.8, 4) is 0 Å². The first-order valence-electron chi connectivity index (χ1n) is 6.64. The zero-order valence-corrected chi connectivity index (χ0v) is 11.9. The Morgan fingerprint density at radius 2 is 1.70 bits per heavy atom. The molecule has 0 saturated carbocycles. The number of hydrogen-bond acceptors (Lipinski definition) is 3. The van der Waals surface area contributed by atoms with Crippen molar-refractivity contribution in [1.29, 1.82) is 0 Å². The summed E-state index contributed by atoms with van der Waals surface area (Å²) in [6, 6.07) is 0. The van der Waals surface area contributed by atoms with E-state index in [1.807, 2.05) is 0 Å². The van der Waals surface area contributed by atoms with Gasteiger partial charge in [0.2, 0.25) is 5.91 Å². The van der Waals surface area contributed by atoms with Gasteiger partial charge in [0.15, 0.2) is 0 Å². The molecule has 1 heterocycles. The number of carbonyl (C=O) groups excluding carboxylic acids is 2.